The van der Waals surface area contributed by atoms with E-state index in [9.17, 15) is 4.39 Å². The summed E-state index contributed by atoms with van der Waals surface area (Å²) in [7, 11) is 1.56. The zero-order chi connectivity index (χ0) is 14.4. The number of nitrogens with one attached hydrogen (secondary N) is 1. The van der Waals surface area contributed by atoms with E-state index in [0.29, 0.717) is 11.4 Å². The summed E-state index contributed by atoms with van der Waals surface area (Å²) in [6, 6.07) is 5.08. The second-order valence-electron chi connectivity index (χ2n) is 4.39. The molecule has 0 saturated heterocycles. The number of aromatic nitrogens is 2. The third kappa shape index (κ3) is 3.11. The molecule has 0 aliphatic heterocycles. The predicted molar refractivity (Wildman–Crippen MR) is 75.1 cm³/mol. The molecule has 5 heteroatoms. The minimum atomic E-state index is -0.341. The number of ether oxygens (including phenoxy) is 1. The van der Waals surface area contributed by atoms with Gasteiger partial charge in [-0.05, 0) is 25.1 Å². The number of methoxy groups -OCH3 is 1. The Hall–Kier alpha value is -2.01. The second-order valence-corrected chi connectivity index (χ2v) is 4.39. The SMILES string of the molecule is CCCNC(c1ccncc1F)c1cccnc1OC. The lowest BCUT2D eigenvalue weighted by molar-refractivity contribution is 0.386. The minimum Gasteiger partial charge on any atom is -0.481 e. The first-order valence-electron chi connectivity index (χ1n) is 6.59. The zero-order valence-corrected chi connectivity index (χ0v) is 11.6. The average molecular weight is 275 g/mol. The van der Waals surface area contributed by atoms with E-state index in [-0.39, 0.29) is 11.9 Å². The van der Waals surface area contributed by atoms with Crippen LogP contribution in [0.15, 0.2) is 36.8 Å². The first-order chi connectivity index (χ1) is 9.77. The monoisotopic (exact) mass is 275 g/mol. The van der Waals surface area contributed by atoms with Gasteiger partial charge in [-0.25, -0.2) is 9.37 Å². The van der Waals surface area contributed by atoms with E-state index in [4.69, 9.17) is 4.74 Å². The fourth-order valence-corrected chi connectivity index (χ4v) is 2.09. The third-order valence-electron chi connectivity index (χ3n) is 3.02. The molecule has 0 amide bonds. The Morgan fingerprint density at radius 3 is 2.85 bits per heavy atom. The quantitative estimate of drug-likeness (QED) is 0.880. The average Bonchev–Trinajstić information content (AvgIpc) is 2.49. The highest BCUT2D eigenvalue weighted by Gasteiger charge is 2.21. The number of pyridine rings is 2. The van der Waals surface area contributed by atoms with Gasteiger partial charge in [0.1, 0.15) is 5.82 Å². The lowest BCUT2D eigenvalue weighted by Gasteiger charge is -2.21. The molecule has 2 aromatic heterocycles. The van der Waals surface area contributed by atoms with Crippen molar-refractivity contribution in [2.75, 3.05) is 13.7 Å². The third-order valence-corrected chi connectivity index (χ3v) is 3.02. The van der Waals surface area contributed by atoms with Crippen LogP contribution in [0, 0.1) is 5.82 Å². The maximum Gasteiger partial charge on any atom is 0.218 e. The van der Waals surface area contributed by atoms with Gasteiger partial charge in [0.2, 0.25) is 5.88 Å². The van der Waals surface area contributed by atoms with Gasteiger partial charge in [-0.1, -0.05) is 13.0 Å². The fraction of sp³-hybridized carbons (Fsp3) is 0.333. The van der Waals surface area contributed by atoms with Gasteiger partial charge >= 0.3 is 0 Å². The minimum absolute atomic E-state index is 0.304. The summed E-state index contributed by atoms with van der Waals surface area (Å²) in [6.45, 7) is 2.83. The van der Waals surface area contributed by atoms with Crippen LogP contribution in [0.1, 0.15) is 30.5 Å². The smallest absolute Gasteiger partial charge is 0.218 e. The number of hydrogen-bond donors (Lipinski definition) is 1. The van der Waals surface area contributed by atoms with E-state index in [1.54, 1.807) is 25.6 Å². The van der Waals surface area contributed by atoms with Crippen molar-refractivity contribution in [1.29, 1.82) is 0 Å². The molecule has 0 saturated carbocycles. The Bertz CT molecular complexity index is 562. The summed E-state index contributed by atoms with van der Waals surface area (Å²) in [5.41, 5.74) is 1.35. The molecule has 1 atom stereocenters. The summed E-state index contributed by atoms with van der Waals surface area (Å²) in [6.07, 6.45) is 5.41. The molecule has 1 unspecified atom stereocenters. The second kappa shape index (κ2) is 6.96. The zero-order valence-electron chi connectivity index (χ0n) is 11.6. The van der Waals surface area contributed by atoms with Gasteiger partial charge in [0.25, 0.3) is 0 Å². The molecular weight excluding hydrogens is 257 g/mol. The van der Waals surface area contributed by atoms with Crippen LogP contribution in [-0.4, -0.2) is 23.6 Å². The first-order valence-corrected chi connectivity index (χ1v) is 6.59. The maximum absolute atomic E-state index is 14.0. The molecule has 1 N–H and O–H groups in total. The van der Waals surface area contributed by atoms with Crippen LogP contribution in [-0.2, 0) is 0 Å². The lowest BCUT2D eigenvalue weighted by atomic mass is 10.00. The number of rotatable bonds is 6. The Kier molecular flexibility index (Phi) is 5.01. The van der Waals surface area contributed by atoms with Crippen LogP contribution >= 0.6 is 0 Å². The van der Waals surface area contributed by atoms with E-state index in [2.05, 4.69) is 22.2 Å². The highest BCUT2D eigenvalue weighted by atomic mass is 19.1. The molecule has 0 radical (unpaired) electrons. The molecular formula is C15H18FN3O. The Morgan fingerprint density at radius 1 is 1.30 bits per heavy atom. The van der Waals surface area contributed by atoms with Crippen molar-refractivity contribution in [2.24, 2.45) is 0 Å². The van der Waals surface area contributed by atoms with Crippen molar-refractivity contribution in [3.8, 4) is 5.88 Å². The van der Waals surface area contributed by atoms with Crippen LogP contribution in [0.25, 0.3) is 0 Å². The molecule has 106 valence electrons. The van der Waals surface area contributed by atoms with Gasteiger partial charge in [-0.3, -0.25) is 4.98 Å². The fourth-order valence-electron chi connectivity index (χ4n) is 2.09. The summed E-state index contributed by atoms with van der Waals surface area (Å²) >= 11 is 0. The Labute approximate surface area is 118 Å². The Morgan fingerprint density at radius 2 is 2.15 bits per heavy atom. The number of nitrogens with zero attached hydrogens (tertiary/aromatic N) is 2. The van der Waals surface area contributed by atoms with Crippen LogP contribution in [0.4, 0.5) is 4.39 Å². The normalized spacial score (nSPS) is 12.2. The van der Waals surface area contributed by atoms with Gasteiger partial charge in [0.05, 0.1) is 19.3 Å². The van der Waals surface area contributed by atoms with Gasteiger partial charge in [-0.15, -0.1) is 0 Å². The molecule has 2 aromatic rings. The predicted octanol–water partition coefficient (Wildman–Crippen LogP) is 2.71. The molecule has 0 aliphatic carbocycles. The molecule has 0 aliphatic rings. The van der Waals surface area contributed by atoms with Gasteiger partial charge in [-0.2, -0.15) is 0 Å². The Balaban J connectivity index is 2.44. The maximum atomic E-state index is 14.0. The molecule has 2 heterocycles. The summed E-state index contributed by atoms with van der Waals surface area (Å²) in [5, 5.41) is 3.33. The van der Waals surface area contributed by atoms with E-state index < -0.39 is 0 Å². The molecule has 4 nitrogen and oxygen atoms in total. The van der Waals surface area contributed by atoms with E-state index >= 15 is 0 Å². The highest BCUT2D eigenvalue weighted by molar-refractivity contribution is 5.37. The summed E-state index contributed by atoms with van der Waals surface area (Å²) in [4.78, 5) is 7.98. The molecule has 0 spiro atoms. The summed E-state index contributed by atoms with van der Waals surface area (Å²) in [5.74, 6) is 0.157. The van der Waals surface area contributed by atoms with Crippen LogP contribution in [0.3, 0.4) is 0 Å². The van der Waals surface area contributed by atoms with Crippen molar-refractivity contribution < 1.29 is 9.13 Å². The highest BCUT2D eigenvalue weighted by Crippen LogP contribution is 2.29. The topological polar surface area (TPSA) is 47.0 Å². The first kappa shape index (κ1) is 14.4. The van der Waals surface area contributed by atoms with E-state index in [1.165, 1.54) is 6.20 Å². The van der Waals surface area contributed by atoms with Crippen molar-refractivity contribution in [3.63, 3.8) is 0 Å². The number of halogens is 1. The molecule has 20 heavy (non-hydrogen) atoms. The summed E-state index contributed by atoms with van der Waals surface area (Å²) < 4.78 is 19.3. The lowest BCUT2D eigenvalue weighted by Crippen LogP contribution is -2.25. The van der Waals surface area contributed by atoms with Crippen molar-refractivity contribution in [3.05, 3.63) is 53.7 Å². The van der Waals surface area contributed by atoms with E-state index in [1.807, 2.05) is 12.1 Å². The van der Waals surface area contributed by atoms with Gasteiger partial charge in [0.15, 0.2) is 0 Å². The molecule has 0 aromatic carbocycles. The van der Waals surface area contributed by atoms with Crippen LogP contribution in [0.2, 0.25) is 0 Å². The molecule has 0 bridgehead atoms. The molecule has 2 rings (SSSR count). The van der Waals surface area contributed by atoms with E-state index in [0.717, 1.165) is 18.5 Å². The van der Waals surface area contributed by atoms with Gasteiger partial charge < -0.3 is 10.1 Å². The van der Waals surface area contributed by atoms with Crippen molar-refractivity contribution in [1.82, 2.24) is 15.3 Å². The number of hydrogen-bond acceptors (Lipinski definition) is 4. The largest absolute Gasteiger partial charge is 0.481 e. The molecule has 0 fully saturated rings. The van der Waals surface area contributed by atoms with Crippen molar-refractivity contribution >= 4 is 0 Å². The van der Waals surface area contributed by atoms with Gasteiger partial charge in [0, 0.05) is 23.5 Å². The van der Waals surface area contributed by atoms with Crippen LogP contribution < -0.4 is 10.1 Å². The van der Waals surface area contributed by atoms with Crippen molar-refractivity contribution in [2.45, 2.75) is 19.4 Å². The standard InChI is InChI=1S/C15H18FN3O/c1-3-7-18-14(11-6-9-17-10-13(11)16)12-5-4-8-19-15(12)20-2/h4-6,8-10,14,18H,3,7H2,1-2H3. The van der Waals surface area contributed by atoms with Crippen LogP contribution in [0.5, 0.6) is 5.88 Å².